The van der Waals surface area contributed by atoms with Gasteiger partial charge in [-0.05, 0) is 33.1 Å². The van der Waals surface area contributed by atoms with Crippen molar-refractivity contribution in [1.82, 2.24) is 15.1 Å². The van der Waals surface area contributed by atoms with Crippen molar-refractivity contribution in [2.24, 2.45) is 0 Å². The summed E-state index contributed by atoms with van der Waals surface area (Å²) in [6.45, 7) is 1.57. The number of hydrogen-bond donors (Lipinski definition) is 0. The first-order valence-electron chi connectivity index (χ1n) is 7.37. The zero-order chi connectivity index (χ0) is 17.3. The number of nitrogens with zero attached hydrogens (tertiary/aromatic N) is 5. The number of non-ortho nitro benzene ring substituents is 1. The molecule has 24 heavy (non-hydrogen) atoms. The minimum Gasteiger partial charge on any atom is -0.451 e. The molecule has 0 amide bonds. The molecule has 0 aliphatic carbocycles. The van der Waals surface area contributed by atoms with E-state index in [0.29, 0.717) is 23.7 Å². The predicted molar refractivity (Wildman–Crippen MR) is 90.4 cm³/mol. The fraction of sp³-hybridized carbons (Fsp3) is 0.333. The van der Waals surface area contributed by atoms with Crippen molar-refractivity contribution in [3.05, 3.63) is 39.7 Å². The fourth-order valence-electron chi connectivity index (χ4n) is 2.60. The van der Waals surface area contributed by atoms with Crippen molar-refractivity contribution in [3.8, 4) is 11.5 Å². The molecule has 1 aliphatic rings. The van der Waals surface area contributed by atoms with Crippen LogP contribution in [0.25, 0.3) is 0 Å². The number of rotatable bonds is 5. The van der Waals surface area contributed by atoms with Crippen LogP contribution in [0.3, 0.4) is 0 Å². The van der Waals surface area contributed by atoms with Gasteiger partial charge in [-0.25, -0.2) is 0 Å². The average molecular weight is 350 g/mol. The summed E-state index contributed by atoms with van der Waals surface area (Å²) in [5.74, 6) is 0.846. The maximum Gasteiger partial charge on any atom is 0.273 e. The van der Waals surface area contributed by atoms with Crippen molar-refractivity contribution in [2.45, 2.75) is 6.42 Å². The zero-order valence-corrected chi connectivity index (χ0v) is 14.0. The third-order valence-corrected chi connectivity index (χ3v) is 3.93. The molecule has 2 heterocycles. The molecule has 9 heteroatoms. The van der Waals surface area contributed by atoms with Gasteiger partial charge in [0.25, 0.3) is 5.69 Å². The van der Waals surface area contributed by atoms with E-state index in [1.807, 2.05) is 19.0 Å². The highest BCUT2D eigenvalue weighted by Crippen LogP contribution is 2.49. The number of fused-ring (bicyclic) bond motifs is 2. The van der Waals surface area contributed by atoms with Crippen molar-refractivity contribution >= 4 is 28.7 Å². The van der Waals surface area contributed by atoms with Crippen LogP contribution in [0.15, 0.2) is 24.4 Å². The molecule has 0 saturated carbocycles. The van der Waals surface area contributed by atoms with E-state index in [4.69, 9.17) is 16.3 Å². The third-order valence-electron chi connectivity index (χ3n) is 3.67. The van der Waals surface area contributed by atoms with Gasteiger partial charge >= 0.3 is 0 Å². The molecule has 0 atom stereocenters. The highest BCUT2D eigenvalue weighted by Gasteiger charge is 2.29. The van der Waals surface area contributed by atoms with Crippen LogP contribution in [0.5, 0.6) is 11.5 Å². The molecule has 0 fully saturated rings. The maximum absolute atomic E-state index is 11.0. The number of benzene rings is 1. The van der Waals surface area contributed by atoms with Gasteiger partial charge in [0, 0.05) is 12.6 Å². The lowest BCUT2D eigenvalue weighted by Gasteiger charge is -2.32. The van der Waals surface area contributed by atoms with Crippen LogP contribution >= 0.6 is 11.6 Å². The van der Waals surface area contributed by atoms with Gasteiger partial charge in [-0.2, -0.15) is 5.10 Å². The van der Waals surface area contributed by atoms with Crippen LogP contribution in [0.1, 0.15) is 6.42 Å². The molecular formula is C15H16ClN5O3. The molecule has 0 spiro atoms. The summed E-state index contributed by atoms with van der Waals surface area (Å²) in [6.07, 6.45) is 2.34. The van der Waals surface area contributed by atoms with Crippen molar-refractivity contribution in [2.75, 3.05) is 32.1 Å². The Morgan fingerprint density at radius 3 is 2.88 bits per heavy atom. The van der Waals surface area contributed by atoms with Crippen LogP contribution in [0.4, 0.5) is 17.1 Å². The molecule has 1 aliphatic heterocycles. The van der Waals surface area contributed by atoms with Gasteiger partial charge in [0.05, 0.1) is 22.9 Å². The van der Waals surface area contributed by atoms with Crippen molar-refractivity contribution in [3.63, 3.8) is 0 Å². The SMILES string of the molecule is CN(C)CCCN1c2ccc([N+](=O)[O-])cc2Oc2cnnc(Cl)c21. The molecule has 2 aromatic rings. The maximum atomic E-state index is 11.0. The molecule has 0 radical (unpaired) electrons. The Bertz CT molecular complexity index is 784. The van der Waals surface area contributed by atoms with E-state index < -0.39 is 4.92 Å². The number of nitro benzene ring substituents is 1. The Balaban J connectivity index is 2.01. The highest BCUT2D eigenvalue weighted by atomic mass is 35.5. The summed E-state index contributed by atoms with van der Waals surface area (Å²) in [4.78, 5) is 14.6. The summed E-state index contributed by atoms with van der Waals surface area (Å²) >= 11 is 6.21. The normalized spacial score (nSPS) is 12.6. The van der Waals surface area contributed by atoms with Crippen LogP contribution in [-0.2, 0) is 0 Å². The van der Waals surface area contributed by atoms with Crippen molar-refractivity contribution < 1.29 is 9.66 Å². The van der Waals surface area contributed by atoms with Gasteiger partial charge in [-0.3, -0.25) is 10.1 Å². The van der Waals surface area contributed by atoms with Crippen LogP contribution in [0.2, 0.25) is 5.15 Å². The lowest BCUT2D eigenvalue weighted by Crippen LogP contribution is -2.26. The molecule has 0 unspecified atom stereocenters. The molecule has 0 N–H and O–H groups in total. The zero-order valence-electron chi connectivity index (χ0n) is 13.3. The number of hydrogen-bond acceptors (Lipinski definition) is 7. The number of halogens is 1. The van der Waals surface area contributed by atoms with E-state index in [2.05, 4.69) is 15.1 Å². The molecule has 126 valence electrons. The average Bonchev–Trinajstić information content (AvgIpc) is 2.53. The lowest BCUT2D eigenvalue weighted by molar-refractivity contribution is -0.384. The van der Waals surface area contributed by atoms with Gasteiger partial charge in [-0.15, -0.1) is 5.10 Å². The molecular weight excluding hydrogens is 334 g/mol. The largest absolute Gasteiger partial charge is 0.451 e. The molecule has 8 nitrogen and oxygen atoms in total. The number of nitro groups is 1. The van der Waals surface area contributed by atoms with Crippen LogP contribution in [0, 0.1) is 10.1 Å². The number of anilines is 2. The van der Waals surface area contributed by atoms with Crippen LogP contribution in [-0.4, -0.2) is 47.2 Å². The topological polar surface area (TPSA) is 84.6 Å². The summed E-state index contributed by atoms with van der Waals surface area (Å²) in [6, 6.07) is 4.53. The summed E-state index contributed by atoms with van der Waals surface area (Å²) in [7, 11) is 4.01. The second-order valence-electron chi connectivity index (χ2n) is 5.67. The van der Waals surface area contributed by atoms with Gasteiger partial charge in [0.2, 0.25) is 0 Å². The quantitative estimate of drug-likeness (QED) is 0.605. The Morgan fingerprint density at radius 2 is 2.17 bits per heavy atom. The minimum absolute atomic E-state index is 0.0291. The van der Waals surface area contributed by atoms with E-state index in [1.165, 1.54) is 18.3 Å². The Labute approximate surface area is 143 Å². The van der Waals surface area contributed by atoms with Gasteiger partial charge in [-0.1, -0.05) is 11.6 Å². The summed E-state index contributed by atoms with van der Waals surface area (Å²) in [5.41, 5.74) is 1.33. The highest BCUT2D eigenvalue weighted by molar-refractivity contribution is 6.32. The summed E-state index contributed by atoms with van der Waals surface area (Å²) < 4.78 is 5.76. The van der Waals surface area contributed by atoms with Gasteiger partial charge in [0.15, 0.2) is 16.7 Å². The monoisotopic (exact) mass is 349 g/mol. The van der Waals surface area contributed by atoms with E-state index in [1.54, 1.807) is 6.07 Å². The van der Waals surface area contributed by atoms with E-state index >= 15 is 0 Å². The smallest absolute Gasteiger partial charge is 0.273 e. The van der Waals surface area contributed by atoms with Crippen LogP contribution < -0.4 is 9.64 Å². The Hall–Kier alpha value is -2.45. The first kappa shape index (κ1) is 16.4. The van der Waals surface area contributed by atoms with Gasteiger partial charge < -0.3 is 14.5 Å². The minimum atomic E-state index is -0.451. The molecule has 1 aromatic carbocycles. The Kier molecular flexibility index (Phi) is 4.50. The van der Waals surface area contributed by atoms with Crippen molar-refractivity contribution in [1.29, 1.82) is 0 Å². The number of ether oxygens (including phenoxy) is 1. The van der Waals surface area contributed by atoms with E-state index in [0.717, 1.165) is 18.7 Å². The second kappa shape index (κ2) is 6.58. The molecule has 3 rings (SSSR count). The molecule has 0 saturated heterocycles. The molecule has 0 bridgehead atoms. The summed E-state index contributed by atoms with van der Waals surface area (Å²) in [5, 5.41) is 18.9. The first-order chi connectivity index (χ1) is 11.5. The van der Waals surface area contributed by atoms with Gasteiger partial charge in [0.1, 0.15) is 5.69 Å². The molecule has 1 aromatic heterocycles. The number of aromatic nitrogens is 2. The standard InChI is InChI=1S/C15H16ClN5O3/c1-19(2)6-3-7-20-11-5-4-10(21(22)23)8-12(11)24-13-9-17-18-15(16)14(13)20/h4-5,8-9H,3,6-7H2,1-2H3. The lowest BCUT2D eigenvalue weighted by atomic mass is 10.1. The third kappa shape index (κ3) is 3.10. The Morgan fingerprint density at radius 1 is 1.38 bits per heavy atom. The fourth-order valence-corrected chi connectivity index (χ4v) is 2.84. The predicted octanol–water partition coefficient (Wildman–Crippen LogP) is 3.23. The van der Waals surface area contributed by atoms with E-state index in [-0.39, 0.29) is 10.8 Å². The second-order valence-corrected chi connectivity index (χ2v) is 6.03. The first-order valence-corrected chi connectivity index (χ1v) is 7.75. The van der Waals surface area contributed by atoms with E-state index in [9.17, 15) is 10.1 Å².